The second kappa shape index (κ2) is 2.70. The quantitative estimate of drug-likeness (QED) is 0.574. The van der Waals surface area contributed by atoms with Gasteiger partial charge in [0, 0.05) is 12.4 Å². The van der Waals surface area contributed by atoms with E-state index in [9.17, 15) is 4.79 Å². The summed E-state index contributed by atoms with van der Waals surface area (Å²) in [6.07, 6.45) is 3.19. The van der Waals surface area contributed by atoms with Gasteiger partial charge in [0.05, 0.1) is 5.39 Å². The maximum atomic E-state index is 11.3. The van der Waals surface area contributed by atoms with Crippen LogP contribution in [0.1, 0.15) is 0 Å². The fourth-order valence-electron chi connectivity index (χ4n) is 1.03. The van der Waals surface area contributed by atoms with Crippen LogP contribution in [0.4, 0.5) is 0 Å². The lowest BCUT2D eigenvalue weighted by Gasteiger charge is -1.85. The number of aromatic nitrogens is 2. The van der Waals surface area contributed by atoms with E-state index in [1.54, 1.807) is 30.6 Å². The highest BCUT2D eigenvalue weighted by atomic mass is 16.1. The fraction of sp³-hybridized carbons (Fsp3) is 0. The minimum absolute atomic E-state index is 0.0457. The van der Waals surface area contributed by atoms with Crippen molar-refractivity contribution < 1.29 is 0 Å². The lowest BCUT2D eigenvalue weighted by molar-refractivity contribution is 1.30. The highest BCUT2D eigenvalue weighted by molar-refractivity contribution is 5.72. The lowest BCUT2D eigenvalue weighted by atomic mass is 10.3. The van der Waals surface area contributed by atoms with Gasteiger partial charge in [0.2, 0.25) is 0 Å². The van der Waals surface area contributed by atoms with Gasteiger partial charge >= 0.3 is 0 Å². The van der Waals surface area contributed by atoms with E-state index >= 15 is 0 Å². The molecule has 58 valence electrons. The molecule has 0 radical (unpaired) electrons. The Labute approximate surface area is 68.7 Å². The Hall–Kier alpha value is -1.77. The Balaban J connectivity index is 3.06. The standard InChI is InChI=1S/C9H6N2O/c12-8-4-2-6-11-9-7(8)3-1-5-10-9/h1-6H. The van der Waals surface area contributed by atoms with Crippen LogP contribution in [0.15, 0.2) is 41.5 Å². The first kappa shape index (κ1) is 6.91. The van der Waals surface area contributed by atoms with Crippen LogP contribution in [-0.4, -0.2) is 9.97 Å². The highest BCUT2D eigenvalue weighted by Crippen LogP contribution is 1.98. The van der Waals surface area contributed by atoms with Gasteiger partial charge in [-0.3, -0.25) is 4.79 Å². The topological polar surface area (TPSA) is 42.9 Å². The summed E-state index contributed by atoms with van der Waals surface area (Å²) < 4.78 is 0. The third-order valence-corrected chi connectivity index (χ3v) is 1.58. The van der Waals surface area contributed by atoms with E-state index in [4.69, 9.17) is 0 Å². The molecule has 0 amide bonds. The minimum atomic E-state index is -0.0457. The average Bonchev–Trinajstić information content (AvgIpc) is 2.29. The summed E-state index contributed by atoms with van der Waals surface area (Å²) in [5.74, 6) is 0. The van der Waals surface area contributed by atoms with Gasteiger partial charge in [-0.1, -0.05) is 0 Å². The molecular weight excluding hydrogens is 152 g/mol. The van der Waals surface area contributed by atoms with Crippen molar-refractivity contribution in [3.05, 3.63) is 46.9 Å². The van der Waals surface area contributed by atoms with E-state index in [2.05, 4.69) is 9.97 Å². The van der Waals surface area contributed by atoms with Gasteiger partial charge in [0.1, 0.15) is 0 Å². The molecule has 2 heterocycles. The molecule has 0 N–H and O–H groups in total. The van der Waals surface area contributed by atoms with Crippen LogP contribution in [0, 0.1) is 0 Å². The van der Waals surface area contributed by atoms with Gasteiger partial charge < -0.3 is 0 Å². The summed E-state index contributed by atoms with van der Waals surface area (Å²) in [6.45, 7) is 0. The summed E-state index contributed by atoms with van der Waals surface area (Å²) in [7, 11) is 0. The van der Waals surface area contributed by atoms with Crippen molar-refractivity contribution in [3.8, 4) is 0 Å². The molecule has 0 aromatic carbocycles. The van der Waals surface area contributed by atoms with E-state index < -0.39 is 0 Å². The van der Waals surface area contributed by atoms with Crippen LogP contribution in [0.5, 0.6) is 0 Å². The molecule has 0 aliphatic carbocycles. The predicted molar refractivity (Wildman–Crippen MR) is 45.8 cm³/mol. The molecule has 2 aromatic heterocycles. The number of pyridine rings is 1. The Morgan fingerprint density at radius 3 is 2.42 bits per heavy atom. The molecule has 0 aliphatic rings. The van der Waals surface area contributed by atoms with Gasteiger partial charge in [-0.05, 0) is 24.3 Å². The van der Waals surface area contributed by atoms with Crippen molar-refractivity contribution in [2.24, 2.45) is 0 Å². The fourth-order valence-corrected chi connectivity index (χ4v) is 1.03. The van der Waals surface area contributed by atoms with Crippen molar-refractivity contribution in [3.63, 3.8) is 0 Å². The number of hydrogen-bond donors (Lipinski definition) is 0. The van der Waals surface area contributed by atoms with Gasteiger partial charge in [0.15, 0.2) is 11.1 Å². The molecule has 2 aromatic rings. The van der Waals surface area contributed by atoms with E-state index in [0.29, 0.717) is 11.0 Å². The molecule has 0 saturated carbocycles. The molecular formula is C9H6N2O. The third kappa shape index (κ3) is 1.05. The van der Waals surface area contributed by atoms with Crippen molar-refractivity contribution in [2.75, 3.05) is 0 Å². The van der Waals surface area contributed by atoms with Crippen LogP contribution < -0.4 is 5.43 Å². The molecule has 0 atom stereocenters. The molecule has 0 spiro atoms. The monoisotopic (exact) mass is 158 g/mol. The summed E-state index contributed by atoms with van der Waals surface area (Å²) in [5.41, 5.74) is 0.447. The minimum Gasteiger partial charge on any atom is -0.289 e. The Morgan fingerprint density at radius 2 is 1.67 bits per heavy atom. The van der Waals surface area contributed by atoms with Gasteiger partial charge in [-0.25, -0.2) is 9.97 Å². The van der Waals surface area contributed by atoms with Crippen molar-refractivity contribution in [1.82, 2.24) is 9.97 Å². The maximum Gasteiger partial charge on any atom is 0.189 e. The third-order valence-electron chi connectivity index (χ3n) is 1.58. The number of rotatable bonds is 0. The molecule has 0 aliphatic heterocycles. The molecule has 0 bridgehead atoms. The number of fused-ring (bicyclic) bond motifs is 1. The molecule has 3 heteroatoms. The second-order valence-electron chi connectivity index (χ2n) is 2.38. The normalized spacial score (nSPS) is 10.0. The zero-order chi connectivity index (χ0) is 8.39. The Bertz CT molecular complexity index is 468. The molecule has 0 saturated heterocycles. The summed E-state index contributed by atoms with van der Waals surface area (Å²) in [4.78, 5) is 19.3. The van der Waals surface area contributed by atoms with Crippen LogP contribution in [0.25, 0.3) is 11.0 Å². The summed E-state index contributed by atoms with van der Waals surface area (Å²) >= 11 is 0. The van der Waals surface area contributed by atoms with E-state index in [1.807, 2.05) is 0 Å². The second-order valence-corrected chi connectivity index (χ2v) is 2.38. The molecule has 0 unspecified atom stereocenters. The van der Waals surface area contributed by atoms with E-state index in [1.165, 1.54) is 6.07 Å². The molecule has 3 nitrogen and oxygen atoms in total. The SMILES string of the molecule is O=c1cccnc2ncccc12. The molecule has 12 heavy (non-hydrogen) atoms. The van der Waals surface area contributed by atoms with Gasteiger partial charge in [-0.2, -0.15) is 0 Å². The Morgan fingerprint density at radius 1 is 1.00 bits per heavy atom. The van der Waals surface area contributed by atoms with Crippen molar-refractivity contribution in [2.45, 2.75) is 0 Å². The van der Waals surface area contributed by atoms with Crippen LogP contribution in [0.2, 0.25) is 0 Å². The van der Waals surface area contributed by atoms with Crippen LogP contribution >= 0.6 is 0 Å². The first-order valence-electron chi connectivity index (χ1n) is 3.58. The van der Waals surface area contributed by atoms with E-state index in [-0.39, 0.29) is 5.43 Å². The predicted octanol–water partition coefficient (Wildman–Crippen LogP) is 0.990. The van der Waals surface area contributed by atoms with Crippen LogP contribution in [-0.2, 0) is 0 Å². The van der Waals surface area contributed by atoms with E-state index in [0.717, 1.165) is 0 Å². The van der Waals surface area contributed by atoms with Gasteiger partial charge in [-0.15, -0.1) is 0 Å². The zero-order valence-electron chi connectivity index (χ0n) is 6.27. The average molecular weight is 158 g/mol. The van der Waals surface area contributed by atoms with Crippen molar-refractivity contribution in [1.29, 1.82) is 0 Å². The summed E-state index contributed by atoms with van der Waals surface area (Å²) in [6, 6.07) is 6.55. The molecule has 0 fully saturated rings. The first-order chi connectivity index (χ1) is 5.88. The number of nitrogens with zero attached hydrogens (tertiary/aromatic N) is 2. The smallest absolute Gasteiger partial charge is 0.189 e. The Kier molecular flexibility index (Phi) is 1.55. The van der Waals surface area contributed by atoms with Crippen molar-refractivity contribution >= 4 is 11.0 Å². The largest absolute Gasteiger partial charge is 0.289 e. The highest BCUT2D eigenvalue weighted by Gasteiger charge is 1.94. The zero-order valence-corrected chi connectivity index (χ0v) is 6.27. The first-order valence-corrected chi connectivity index (χ1v) is 3.58. The summed E-state index contributed by atoms with van der Waals surface area (Å²) in [5, 5.41) is 0.558. The maximum absolute atomic E-state index is 11.3. The lowest BCUT2D eigenvalue weighted by Crippen LogP contribution is -1.95. The number of hydrogen-bond acceptors (Lipinski definition) is 3. The van der Waals surface area contributed by atoms with Crippen LogP contribution in [0.3, 0.4) is 0 Å². The molecule has 2 rings (SSSR count). The van der Waals surface area contributed by atoms with Gasteiger partial charge in [0.25, 0.3) is 0 Å².